The van der Waals surface area contributed by atoms with E-state index in [0.717, 1.165) is 22.6 Å². The lowest BCUT2D eigenvalue weighted by molar-refractivity contribution is 0.185. The molecule has 0 aromatic heterocycles. The molecule has 0 radical (unpaired) electrons. The molecule has 0 amide bonds. The molecule has 112 valence electrons. The van der Waals surface area contributed by atoms with Crippen molar-refractivity contribution in [1.82, 2.24) is 0 Å². The van der Waals surface area contributed by atoms with Crippen LogP contribution in [0.2, 0.25) is 0 Å². The van der Waals surface area contributed by atoms with Gasteiger partial charge in [0.05, 0.1) is 19.3 Å². The number of para-hydroxylation sites is 1. The zero-order valence-electron chi connectivity index (χ0n) is 12.9. The fraction of sp³-hybridized carbons (Fsp3) is 0.333. The molecule has 1 unspecified atom stereocenters. The third-order valence-electron chi connectivity index (χ3n) is 3.31. The number of rotatable bonds is 7. The van der Waals surface area contributed by atoms with Gasteiger partial charge in [-0.15, -0.1) is 0 Å². The first kappa shape index (κ1) is 15.4. The quantitative estimate of drug-likeness (QED) is 0.817. The zero-order valence-corrected chi connectivity index (χ0v) is 12.9. The summed E-state index contributed by atoms with van der Waals surface area (Å²) in [4.78, 5) is 0. The maximum atomic E-state index is 5.70. The Morgan fingerprint density at radius 3 is 2.67 bits per heavy atom. The first-order chi connectivity index (χ1) is 10.2. The van der Waals surface area contributed by atoms with E-state index in [9.17, 15) is 0 Å². The molecule has 0 fully saturated rings. The van der Waals surface area contributed by atoms with Gasteiger partial charge in [0, 0.05) is 18.4 Å². The molecule has 0 aliphatic carbocycles. The van der Waals surface area contributed by atoms with Gasteiger partial charge in [-0.3, -0.25) is 0 Å². The number of hydrogen-bond acceptors (Lipinski definition) is 3. The normalized spacial score (nSPS) is 12.0. The molecular weight excluding hydrogens is 262 g/mol. The Morgan fingerprint density at radius 2 is 1.90 bits per heavy atom. The second kappa shape index (κ2) is 7.70. The molecular formula is C18H23NO2. The monoisotopic (exact) mass is 285 g/mol. The summed E-state index contributed by atoms with van der Waals surface area (Å²) in [6.45, 7) is 5.44. The SMILES string of the molecule is CCOc1ccccc1C(C)Nc1cccc(COC)c1. The second-order valence-corrected chi connectivity index (χ2v) is 4.97. The molecule has 2 aromatic carbocycles. The van der Waals surface area contributed by atoms with Crippen LogP contribution in [0.5, 0.6) is 5.75 Å². The summed E-state index contributed by atoms with van der Waals surface area (Å²) >= 11 is 0. The van der Waals surface area contributed by atoms with Crippen LogP contribution in [0.3, 0.4) is 0 Å². The van der Waals surface area contributed by atoms with Gasteiger partial charge in [0.2, 0.25) is 0 Å². The molecule has 0 heterocycles. The highest BCUT2D eigenvalue weighted by Crippen LogP contribution is 2.28. The molecule has 3 heteroatoms. The molecule has 1 N–H and O–H groups in total. The average Bonchev–Trinajstić information content (AvgIpc) is 2.49. The Morgan fingerprint density at radius 1 is 1.10 bits per heavy atom. The molecule has 0 bridgehead atoms. The maximum Gasteiger partial charge on any atom is 0.124 e. The molecule has 1 atom stereocenters. The van der Waals surface area contributed by atoms with Gasteiger partial charge in [0.25, 0.3) is 0 Å². The molecule has 0 aliphatic rings. The van der Waals surface area contributed by atoms with E-state index in [4.69, 9.17) is 9.47 Å². The van der Waals surface area contributed by atoms with Crippen LogP contribution in [-0.4, -0.2) is 13.7 Å². The molecule has 2 rings (SSSR count). The van der Waals surface area contributed by atoms with Gasteiger partial charge in [-0.1, -0.05) is 30.3 Å². The van der Waals surface area contributed by atoms with Crippen molar-refractivity contribution in [1.29, 1.82) is 0 Å². The van der Waals surface area contributed by atoms with Crippen LogP contribution in [0.4, 0.5) is 5.69 Å². The Bertz CT molecular complexity index is 569. The van der Waals surface area contributed by atoms with Crippen molar-refractivity contribution in [3.05, 3.63) is 59.7 Å². The van der Waals surface area contributed by atoms with Crippen LogP contribution in [0.25, 0.3) is 0 Å². The van der Waals surface area contributed by atoms with E-state index < -0.39 is 0 Å². The highest BCUT2D eigenvalue weighted by molar-refractivity contribution is 5.49. The van der Waals surface area contributed by atoms with Gasteiger partial charge in [0.1, 0.15) is 5.75 Å². The topological polar surface area (TPSA) is 30.5 Å². The van der Waals surface area contributed by atoms with E-state index in [1.165, 1.54) is 0 Å². The fourth-order valence-corrected chi connectivity index (χ4v) is 2.37. The van der Waals surface area contributed by atoms with Gasteiger partial charge in [-0.05, 0) is 37.6 Å². The Hall–Kier alpha value is -2.00. The summed E-state index contributed by atoms with van der Waals surface area (Å²) in [5.74, 6) is 0.938. The predicted molar refractivity (Wildman–Crippen MR) is 86.8 cm³/mol. The Labute approximate surface area is 126 Å². The number of nitrogens with one attached hydrogen (secondary N) is 1. The smallest absolute Gasteiger partial charge is 0.124 e. The maximum absolute atomic E-state index is 5.70. The van der Waals surface area contributed by atoms with E-state index in [1.54, 1.807) is 7.11 Å². The first-order valence-corrected chi connectivity index (χ1v) is 7.30. The largest absolute Gasteiger partial charge is 0.494 e. The molecule has 21 heavy (non-hydrogen) atoms. The van der Waals surface area contributed by atoms with E-state index in [0.29, 0.717) is 13.2 Å². The summed E-state index contributed by atoms with van der Waals surface area (Å²) in [5, 5.41) is 3.52. The Kier molecular flexibility index (Phi) is 5.64. The lowest BCUT2D eigenvalue weighted by Gasteiger charge is -2.19. The van der Waals surface area contributed by atoms with Gasteiger partial charge in [-0.25, -0.2) is 0 Å². The summed E-state index contributed by atoms with van der Waals surface area (Å²) in [5.41, 5.74) is 3.41. The number of ether oxygens (including phenoxy) is 2. The van der Waals surface area contributed by atoms with Crippen LogP contribution in [0.1, 0.15) is 31.0 Å². The molecule has 0 saturated carbocycles. The van der Waals surface area contributed by atoms with Crippen molar-refractivity contribution in [3.63, 3.8) is 0 Å². The average molecular weight is 285 g/mol. The van der Waals surface area contributed by atoms with E-state index in [1.807, 2.05) is 31.2 Å². The standard InChI is InChI=1S/C18H23NO2/c1-4-21-18-11-6-5-10-17(18)14(2)19-16-9-7-8-15(12-16)13-20-3/h5-12,14,19H,4,13H2,1-3H3. The molecule has 0 saturated heterocycles. The predicted octanol–water partition coefficient (Wildman–Crippen LogP) is 4.40. The van der Waals surface area contributed by atoms with Crippen LogP contribution >= 0.6 is 0 Å². The Balaban J connectivity index is 2.14. The minimum Gasteiger partial charge on any atom is -0.494 e. The van der Waals surface area contributed by atoms with Crippen molar-refractivity contribution in [2.75, 3.05) is 19.0 Å². The molecule has 2 aromatic rings. The summed E-state index contributed by atoms with van der Waals surface area (Å²) < 4.78 is 10.9. The van der Waals surface area contributed by atoms with Crippen molar-refractivity contribution < 1.29 is 9.47 Å². The molecule has 0 spiro atoms. The second-order valence-electron chi connectivity index (χ2n) is 4.97. The van der Waals surface area contributed by atoms with Crippen LogP contribution in [0, 0.1) is 0 Å². The molecule has 3 nitrogen and oxygen atoms in total. The lowest BCUT2D eigenvalue weighted by Crippen LogP contribution is -2.09. The minimum atomic E-state index is 0.172. The fourth-order valence-electron chi connectivity index (χ4n) is 2.37. The zero-order chi connectivity index (χ0) is 15.1. The van der Waals surface area contributed by atoms with Crippen molar-refractivity contribution >= 4 is 5.69 Å². The van der Waals surface area contributed by atoms with Crippen LogP contribution in [0.15, 0.2) is 48.5 Å². The van der Waals surface area contributed by atoms with Crippen molar-refractivity contribution in [3.8, 4) is 5.75 Å². The van der Waals surface area contributed by atoms with Crippen molar-refractivity contribution in [2.45, 2.75) is 26.5 Å². The first-order valence-electron chi connectivity index (χ1n) is 7.30. The third-order valence-corrected chi connectivity index (χ3v) is 3.31. The number of methoxy groups -OCH3 is 1. The van der Waals surface area contributed by atoms with Crippen LogP contribution < -0.4 is 10.1 Å². The van der Waals surface area contributed by atoms with Gasteiger partial charge >= 0.3 is 0 Å². The van der Waals surface area contributed by atoms with Crippen molar-refractivity contribution in [2.24, 2.45) is 0 Å². The van der Waals surface area contributed by atoms with Crippen LogP contribution in [-0.2, 0) is 11.3 Å². The number of hydrogen-bond donors (Lipinski definition) is 1. The summed E-state index contributed by atoms with van der Waals surface area (Å²) in [6, 6.07) is 16.6. The lowest BCUT2D eigenvalue weighted by atomic mass is 10.1. The van der Waals surface area contributed by atoms with Gasteiger partial charge < -0.3 is 14.8 Å². The van der Waals surface area contributed by atoms with E-state index in [-0.39, 0.29) is 6.04 Å². The highest BCUT2D eigenvalue weighted by Gasteiger charge is 2.11. The van der Waals surface area contributed by atoms with E-state index in [2.05, 4.69) is 36.5 Å². The number of anilines is 1. The molecule has 0 aliphatic heterocycles. The third kappa shape index (κ3) is 4.23. The number of benzene rings is 2. The minimum absolute atomic E-state index is 0.172. The highest BCUT2D eigenvalue weighted by atomic mass is 16.5. The van der Waals surface area contributed by atoms with Gasteiger partial charge in [-0.2, -0.15) is 0 Å². The summed E-state index contributed by atoms with van der Waals surface area (Å²) in [7, 11) is 1.71. The van der Waals surface area contributed by atoms with Gasteiger partial charge in [0.15, 0.2) is 0 Å². The summed E-state index contributed by atoms with van der Waals surface area (Å²) in [6.07, 6.45) is 0. The van der Waals surface area contributed by atoms with E-state index >= 15 is 0 Å².